The highest BCUT2D eigenvalue weighted by Crippen LogP contribution is 2.23. The van der Waals surface area contributed by atoms with Crippen LogP contribution in [0.3, 0.4) is 0 Å². The topological polar surface area (TPSA) is 64.9 Å². The van der Waals surface area contributed by atoms with Crippen molar-refractivity contribution in [3.63, 3.8) is 0 Å². The van der Waals surface area contributed by atoms with Gasteiger partial charge in [-0.3, -0.25) is 4.79 Å². The predicted molar refractivity (Wildman–Crippen MR) is 101 cm³/mol. The molecule has 0 aliphatic heterocycles. The van der Waals surface area contributed by atoms with Crippen molar-refractivity contribution in [1.29, 1.82) is 0 Å². The van der Waals surface area contributed by atoms with E-state index < -0.39 is 0 Å². The summed E-state index contributed by atoms with van der Waals surface area (Å²) in [7, 11) is 0. The molecule has 0 bridgehead atoms. The molecular weight excluding hydrogens is 370 g/mol. The molecule has 0 saturated carbocycles. The number of carbonyl (C=O) groups is 1. The second-order valence-corrected chi connectivity index (χ2v) is 5.95. The van der Waals surface area contributed by atoms with Gasteiger partial charge in [-0.25, -0.2) is 5.43 Å². The molecule has 0 heterocycles. The summed E-state index contributed by atoms with van der Waals surface area (Å²) in [6, 6.07) is 12.5. The van der Waals surface area contributed by atoms with Crippen molar-refractivity contribution in [2.45, 2.75) is 13.8 Å². The third kappa shape index (κ3) is 4.35. The minimum Gasteiger partial charge on any atom is -0.507 e. The molecule has 0 atom stereocenters. The Balaban J connectivity index is 2.07. The van der Waals surface area contributed by atoms with E-state index in [0.717, 1.165) is 18.8 Å². The lowest BCUT2D eigenvalue weighted by Crippen LogP contribution is -2.21. The second-order valence-electron chi connectivity index (χ2n) is 5.09. The number of nitrogens with one attached hydrogen (secondary N) is 1. The van der Waals surface area contributed by atoms with Crippen LogP contribution in [0, 0.1) is 0 Å². The fraction of sp³-hybridized carbons (Fsp3) is 0.222. The third-order valence-corrected chi connectivity index (χ3v) is 4.32. The Kier molecular flexibility index (Phi) is 6.37. The van der Waals surface area contributed by atoms with Crippen LogP contribution in [-0.4, -0.2) is 30.3 Å². The van der Waals surface area contributed by atoms with Gasteiger partial charge in [0.25, 0.3) is 5.91 Å². The number of phenolic OH excluding ortho intramolecular Hbond substituents is 1. The van der Waals surface area contributed by atoms with E-state index in [2.05, 4.69) is 45.2 Å². The van der Waals surface area contributed by atoms with Gasteiger partial charge in [-0.1, -0.05) is 12.1 Å². The van der Waals surface area contributed by atoms with Gasteiger partial charge in [0.1, 0.15) is 5.75 Å². The summed E-state index contributed by atoms with van der Waals surface area (Å²) in [5.74, 6) is -0.198. The molecule has 2 aromatic carbocycles. The summed E-state index contributed by atoms with van der Waals surface area (Å²) in [4.78, 5) is 14.2. The summed E-state index contributed by atoms with van der Waals surface area (Å²) in [5, 5.41) is 14.0. The van der Waals surface area contributed by atoms with Crippen molar-refractivity contribution in [3.8, 4) is 5.75 Å². The maximum atomic E-state index is 12.0. The van der Waals surface area contributed by atoms with Crippen LogP contribution in [0.15, 0.2) is 52.0 Å². The Morgan fingerprint density at radius 2 is 1.96 bits per heavy atom. The van der Waals surface area contributed by atoms with E-state index in [4.69, 9.17) is 0 Å². The lowest BCUT2D eigenvalue weighted by molar-refractivity contribution is 0.0954. The lowest BCUT2D eigenvalue weighted by atomic mass is 10.2. The van der Waals surface area contributed by atoms with Crippen molar-refractivity contribution >= 4 is 33.7 Å². The number of halogens is 1. The number of aromatic hydroxyl groups is 1. The molecule has 0 aliphatic carbocycles. The average Bonchev–Trinajstić information content (AvgIpc) is 2.58. The first-order chi connectivity index (χ1) is 11.6. The number of hydrogen-bond donors (Lipinski definition) is 2. The van der Waals surface area contributed by atoms with Crippen molar-refractivity contribution in [3.05, 3.63) is 58.1 Å². The van der Waals surface area contributed by atoms with E-state index in [1.54, 1.807) is 30.3 Å². The molecule has 2 rings (SSSR count). The van der Waals surface area contributed by atoms with Gasteiger partial charge >= 0.3 is 0 Å². The van der Waals surface area contributed by atoms with Crippen LogP contribution < -0.4 is 10.3 Å². The van der Waals surface area contributed by atoms with Gasteiger partial charge in [0.2, 0.25) is 0 Å². The Labute approximate surface area is 150 Å². The molecule has 0 spiro atoms. The minimum absolute atomic E-state index is 0.123. The van der Waals surface area contributed by atoms with Crippen LogP contribution in [-0.2, 0) is 0 Å². The molecule has 0 aliphatic rings. The Morgan fingerprint density at radius 3 is 2.58 bits per heavy atom. The standard InChI is InChI=1S/C18H20BrN3O2/c1-3-22(4-2)14-10-9-13(17(23)11-14)12-20-21-18(24)15-7-5-6-8-16(15)19/h5-12,23H,3-4H2,1-2H3,(H,21,24)/b20-12-. The first kappa shape index (κ1) is 18.0. The molecule has 24 heavy (non-hydrogen) atoms. The fourth-order valence-corrected chi connectivity index (χ4v) is 2.76. The second kappa shape index (κ2) is 8.49. The highest BCUT2D eigenvalue weighted by atomic mass is 79.9. The molecule has 5 nitrogen and oxygen atoms in total. The van der Waals surface area contributed by atoms with Crippen LogP contribution in [0.1, 0.15) is 29.8 Å². The molecule has 0 saturated heterocycles. The van der Waals surface area contributed by atoms with Crippen LogP contribution in [0.25, 0.3) is 0 Å². The minimum atomic E-state index is -0.321. The van der Waals surface area contributed by atoms with Crippen molar-refractivity contribution in [2.75, 3.05) is 18.0 Å². The number of nitrogens with zero attached hydrogens (tertiary/aromatic N) is 2. The van der Waals surface area contributed by atoms with Crippen LogP contribution in [0.4, 0.5) is 5.69 Å². The van der Waals surface area contributed by atoms with Gasteiger partial charge in [-0.15, -0.1) is 0 Å². The summed E-state index contributed by atoms with van der Waals surface area (Å²) < 4.78 is 0.698. The van der Waals surface area contributed by atoms with Gasteiger partial charge in [0.05, 0.1) is 11.8 Å². The van der Waals surface area contributed by atoms with Crippen molar-refractivity contribution in [2.24, 2.45) is 5.10 Å². The Hall–Kier alpha value is -2.34. The number of carbonyl (C=O) groups excluding carboxylic acids is 1. The third-order valence-electron chi connectivity index (χ3n) is 3.63. The van der Waals surface area contributed by atoms with Gasteiger partial charge in [-0.2, -0.15) is 5.10 Å². The zero-order valence-electron chi connectivity index (χ0n) is 13.7. The number of anilines is 1. The summed E-state index contributed by atoms with van der Waals surface area (Å²) in [5.41, 5.74) is 4.44. The van der Waals surface area contributed by atoms with E-state index in [9.17, 15) is 9.90 Å². The van der Waals surface area contributed by atoms with E-state index in [1.165, 1.54) is 6.21 Å². The van der Waals surface area contributed by atoms with Crippen LogP contribution >= 0.6 is 15.9 Å². The maximum absolute atomic E-state index is 12.0. The van der Waals surface area contributed by atoms with Crippen LogP contribution in [0.5, 0.6) is 5.75 Å². The van der Waals surface area contributed by atoms with Gasteiger partial charge < -0.3 is 10.0 Å². The van der Waals surface area contributed by atoms with Crippen molar-refractivity contribution in [1.82, 2.24) is 5.43 Å². The zero-order valence-corrected chi connectivity index (χ0v) is 15.2. The SMILES string of the molecule is CCN(CC)c1ccc(/C=N\NC(=O)c2ccccc2Br)c(O)c1. The van der Waals surface area contributed by atoms with E-state index in [-0.39, 0.29) is 11.7 Å². The van der Waals surface area contributed by atoms with E-state index >= 15 is 0 Å². The maximum Gasteiger partial charge on any atom is 0.272 e. The average molecular weight is 390 g/mol. The number of hydrogen-bond acceptors (Lipinski definition) is 4. The molecule has 6 heteroatoms. The number of phenols is 1. The monoisotopic (exact) mass is 389 g/mol. The highest BCUT2D eigenvalue weighted by Gasteiger charge is 2.08. The largest absolute Gasteiger partial charge is 0.507 e. The van der Waals surface area contributed by atoms with Crippen molar-refractivity contribution < 1.29 is 9.90 Å². The fourth-order valence-electron chi connectivity index (χ4n) is 2.29. The predicted octanol–water partition coefficient (Wildman–Crippen LogP) is 3.76. The summed E-state index contributed by atoms with van der Waals surface area (Å²) in [6.45, 7) is 5.86. The molecule has 2 N–H and O–H groups in total. The Bertz CT molecular complexity index is 743. The normalized spacial score (nSPS) is 10.8. The number of benzene rings is 2. The molecular formula is C18H20BrN3O2. The van der Waals surface area contributed by atoms with E-state index in [0.29, 0.717) is 15.6 Å². The van der Waals surface area contributed by atoms with Gasteiger partial charge in [0, 0.05) is 34.9 Å². The molecule has 0 radical (unpaired) electrons. The van der Waals surface area contributed by atoms with E-state index in [1.807, 2.05) is 12.1 Å². The number of amides is 1. The lowest BCUT2D eigenvalue weighted by Gasteiger charge is -2.21. The molecule has 0 fully saturated rings. The number of rotatable bonds is 6. The first-order valence-corrected chi connectivity index (χ1v) is 8.52. The molecule has 0 unspecified atom stereocenters. The molecule has 1 amide bonds. The smallest absolute Gasteiger partial charge is 0.272 e. The quantitative estimate of drug-likeness (QED) is 0.583. The first-order valence-electron chi connectivity index (χ1n) is 7.72. The van der Waals surface area contributed by atoms with Gasteiger partial charge in [-0.05, 0) is 54.0 Å². The Morgan fingerprint density at radius 1 is 1.25 bits per heavy atom. The molecule has 126 valence electrons. The molecule has 0 aromatic heterocycles. The van der Waals surface area contributed by atoms with Gasteiger partial charge in [0.15, 0.2) is 0 Å². The van der Waals surface area contributed by atoms with Crippen LogP contribution in [0.2, 0.25) is 0 Å². The molecule has 2 aromatic rings. The zero-order chi connectivity index (χ0) is 17.5. The summed E-state index contributed by atoms with van der Waals surface area (Å²) in [6.07, 6.45) is 1.43. The highest BCUT2D eigenvalue weighted by molar-refractivity contribution is 9.10. The summed E-state index contributed by atoms with van der Waals surface area (Å²) >= 11 is 3.32. The number of hydrazone groups is 1.